The summed E-state index contributed by atoms with van der Waals surface area (Å²) < 4.78 is 10.9. The largest absolute Gasteiger partial charge is 0.454 e. The second-order valence-corrected chi connectivity index (χ2v) is 6.69. The number of β-amino-alcohol motifs (C(OH)–C–C–N with tert-alkyl or cyclic N) is 1. The number of para-hydroxylation sites is 1. The number of nitrogens with zero attached hydrogens (tertiary/aromatic N) is 1. The van der Waals surface area contributed by atoms with Crippen LogP contribution in [0.15, 0.2) is 42.5 Å². The molecule has 0 aliphatic carbocycles. The second kappa shape index (κ2) is 8.73. The van der Waals surface area contributed by atoms with Crippen molar-refractivity contribution < 1.29 is 14.6 Å². The van der Waals surface area contributed by atoms with E-state index in [9.17, 15) is 5.11 Å². The van der Waals surface area contributed by atoms with E-state index in [2.05, 4.69) is 34.5 Å². The molecule has 6 heteroatoms. The summed E-state index contributed by atoms with van der Waals surface area (Å²) in [6.07, 6.45) is 0.670. The van der Waals surface area contributed by atoms with Crippen LogP contribution in [-0.4, -0.2) is 42.5 Å². The Labute approximate surface area is 160 Å². The summed E-state index contributed by atoms with van der Waals surface area (Å²) in [5.74, 6) is 1.61. The maximum atomic E-state index is 10.4. The van der Waals surface area contributed by atoms with Crippen molar-refractivity contribution in [2.45, 2.75) is 25.6 Å². The molecule has 1 atom stereocenters. The van der Waals surface area contributed by atoms with Crippen LogP contribution in [0.5, 0.6) is 11.5 Å². The third kappa shape index (κ3) is 4.30. The monoisotopic (exact) mass is 376 g/mol. The number of rotatable bonds is 6. The Morgan fingerprint density at radius 2 is 1.92 bits per heavy atom. The molecule has 0 amide bonds. The van der Waals surface area contributed by atoms with Crippen LogP contribution in [0.1, 0.15) is 16.7 Å². The topological polar surface area (TPSA) is 54.0 Å². The molecule has 2 aromatic carbocycles. The van der Waals surface area contributed by atoms with Crippen molar-refractivity contribution in [2.75, 3.05) is 26.4 Å². The van der Waals surface area contributed by atoms with Gasteiger partial charge in [-0.1, -0.05) is 36.4 Å². The standard InChI is InChI=1S/C20H24N2O3.ClH/c23-18(13-22-9-8-15-4-1-2-5-17(15)12-22)11-21-10-16-6-3-7-19-20(16)25-14-24-19;/h1-7,18,21,23H,8-14H2;1H. The van der Waals surface area contributed by atoms with Gasteiger partial charge in [-0.25, -0.2) is 0 Å². The Balaban J connectivity index is 0.00000196. The van der Waals surface area contributed by atoms with E-state index in [0.29, 0.717) is 19.6 Å². The molecule has 2 N–H and O–H groups in total. The molecule has 1 unspecified atom stereocenters. The molecule has 0 spiro atoms. The van der Waals surface area contributed by atoms with Gasteiger partial charge >= 0.3 is 0 Å². The zero-order chi connectivity index (χ0) is 17.1. The molecule has 4 rings (SSSR count). The highest BCUT2D eigenvalue weighted by atomic mass is 35.5. The molecule has 0 saturated carbocycles. The van der Waals surface area contributed by atoms with Gasteiger partial charge in [0.2, 0.25) is 6.79 Å². The van der Waals surface area contributed by atoms with E-state index in [1.54, 1.807) is 0 Å². The van der Waals surface area contributed by atoms with Crippen molar-refractivity contribution in [3.63, 3.8) is 0 Å². The lowest BCUT2D eigenvalue weighted by molar-refractivity contribution is 0.104. The summed E-state index contributed by atoms with van der Waals surface area (Å²) in [5, 5.41) is 13.7. The predicted molar refractivity (Wildman–Crippen MR) is 103 cm³/mol. The third-order valence-electron chi connectivity index (χ3n) is 4.85. The Morgan fingerprint density at radius 1 is 1.08 bits per heavy atom. The van der Waals surface area contributed by atoms with E-state index >= 15 is 0 Å². The number of benzene rings is 2. The Kier molecular flexibility index (Phi) is 6.38. The van der Waals surface area contributed by atoms with E-state index < -0.39 is 0 Å². The van der Waals surface area contributed by atoms with Crippen LogP contribution in [0.25, 0.3) is 0 Å². The number of aliphatic hydroxyl groups excluding tert-OH is 1. The van der Waals surface area contributed by atoms with Gasteiger partial charge in [0.05, 0.1) is 6.10 Å². The van der Waals surface area contributed by atoms with Gasteiger partial charge in [0.25, 0.3) is 0 Å². The van der Waals surface area contributed by atoms with E-state index in [1.807, 2.05) is 18.2 Å². The molecule has 0 aromatic heterocycles. The Morgan fingerprint density at radius 3 is 2.81 bits per heavy atom. The number of ether oxygens (including phenoxy) is 2. The molecular weight excluding hydrogens is 352 g/mol. The number of hydrogen-bond acceptors (Lipinski definition) is 5. The average molecular weight is 377 g/mol. The first-order valence-electron chi connectivity index (χ1n) is 8.85. The van der Waals surface area contributed by atoms with E-state index in [1.165, 1.54) is 11.1 Å². The normalized spacial score (nSPS) is 16.7. The second-order valence-electron chi connectivity index (χ2n) is 6.69. The fraction of sp³-hybridized carbons (Fsp3) is 0.400. The maximum Gasteiger partial charge on any atom is 0.231 e. The zero-order valence-electron chi connectivity index (χ0n) is 14.7. The molecule has 140 valence electrons. The predicted octanol–water partition coefficient (Wildman–Crippen LogP) is 2.35. The molecule has 0 bridgehead atoms. The minimum absolute atomic E-state index is 0. The number of aliphatic hydroxyl groups is 1. The van der Waals surface area contributed by atoms with E-state index in [0.717, 1.165) is 36.6 Å². The van der Waals surface area contributed by atoms with Gasteiger partial charge in [0, 0.05) is 38.3 Å². The van der Waals surface area contributed by atoms with Gasteiger partial charge in [0.15, 0.2) is 11.5 Å². The number of fused-ring (bicyclic) bond motifs is 2. The SMILES string of the molecule is Cl.OC(CNCc1cccc2c1OCO2)CN1CCc2ccccc2C1. The van der Waals surface area contributed by atoms with Crippen molar-refractivity contribution in [1.82, 2.24) is 10.2 Å². The summed E-state index contributed by atoms with van der Waals surface area (Å²) in [5.41, 5.74) is 3.88. The van der Waals surface area contributed by atoms with Crippen molar-refractivity contribution in [3.8, 4) is 11.5 Å². The summed E-state index contributed by atoms with van der Waals surface area (Å²) in [4.78, 5) is 2.33. The van der Waals surface area contributed by atoms with Gasteiger partial charge in [-0.2, -0.15) is 0 Å². The molecule has 0 saturated heterocycles. The smallest absolute Gasteiger partial charge is 0.231 e. The first kappa shape index (κ1) is 19.0. The minimum Gasteiger partial charge on any atom is -0.454 e. The summed E-state index contributed by atoms with van der Waals surface area (Å²) in [7, 11) is 0. The highest BCUT2D eigenvalue weighted by molar-refractivity contribution is 5.85. The van der Waals surface area contributed by atoms with Gasteiger partial charge in [-0.3, -0.25) is 4.90 Å². The molecule has 26 heavy (non-hydrogen) atoms. The van der Waals surface area contributed by atoms with Crippen molar-refractivity contribution in [1.29, 1.82) is 0 Å². The molecule has 0 fully saturated rings. The van der Waals surface area contributed by atoms with Gasteiger partial charge in [0.1, 0.15) is 0 Å². The first-order valence-corrected chi connectivity index (χ1v) is 8.85. The highest BCUT2D eigenvalue weighted by Crippen LogP contribution is 2.35. The lowest BCUT2D eigenvalue weighted by Crippen LogP contribution is -2.40. The molecule has 2 aliphatic rings. The van der Waals surface area contributed by atoms with Crippen LogP contribution < -0.4 is 14.8 Å². The molecule has 2 aliphatic heterocycles. The van der Waals surface area contributed by atoms with Gasteiger partial charge < -0.3 is 19.9 Å². The first-order chi connectivity index (χ1) is 12.3. The lowest BCUT2D eigenvalue weighted by atomic mass is 10.00. The molecular formula is C20H25ClN2O3. The Hall–Kier alpha value is -1.79. The van der Waals surface area contributed by atoms with Crippen molar-refractivity contribution in [2.24, 2.45) is 0 Å². The van der Waals surface area contributed by atoms with E-state index in [-0.39, 0.29) is 25.3 Å². The van der Waals surface area contributed by atoms with Crippen LogP contribution >= 0.6 is 12.4 Å². The maximum absolute atomic E-state index is 10.4. The number of halogens is 1. The van der Waals surface area contributed by atoms with Crippen molar-refractivity contribution in [3.05, 3.63) is 59.2 Å². The fourth-order valence-corrected chi connectivity index (χ4v) is 3.58. The van der Waals surface area contributed by atoms with Crippen LogP contribution in [0.4, 0.5) is 0 Å². The van der Waals surface area contributed by atoms with Crippen LogP contribution in [-0.2, 0) is 19.5 Å². The van der Waals surface area contributed by atoms with E-state index in [4.69, 9.17) is 9.47 Å². The molecule has 0 radical (unpaired) electrons. The quantitative estimate of drug-likeness (QED) is 0.810. The average Bonchev–Trinajstić information content (AvgIpc) is 3.11. The summed E-state index contributed by atoms with van der Waals surface area (Å²) in [6.45, 7) is 4.12. The molecule has 2 aromatic rings. The van der Waals surface area contributed by atoms with Crippen LogP contribution in [0.2, 0.25) is 0 Å². The van der Waals surface area contributed by atoms with Gasteiger partial charge in [-0.05, 0) is 23.6 Å². The highest BCUT2D eigenvalue weighted by Gasteiger charge is 2.19. The summed E-state index contributed by atoms with van der Waals surface area (Å²) in [6, 6.07) is 14.5. The summed E-state index contributed by atoms with van der Waals surface area (Å²) >= 11 is 0. The minimum atomic E-state index is -0.390. The number of hydrogen-bond donors (Lipinski definition) is 2. The van der Waals surface area contributed by atoms with Crippen LogP contribution in [0, 0.1) is 0 Å². The lowest BCUT2D eigenvalue weighted by Gasteiger charge is -2.30. The van der Waals surface area contributed by atoms with Crippen LogP contribution in [0.3, 0.4) is 0 Å². The molecule has 2 heterocycles. The Bertz CT molecular complexity index is 741. The number of nitrogens with one attached hydrogen (secondary N) is 1. The third-order valence-corrected chi connectivity index (χ3v) is 4.85. The van der Waals surface area contributed by atoms with Crippen molar-refractivity contribution >= 4 is 12.4 Å². The zero-order valence-corrected chi connectivity index (χ0v) is 15.5. The van der Waals surface area contributed by atoms with Gasteiger partial charge in [-0.15, -0.1) is 12.4 Å². The fourth-order valence-electron chi connectivity index (χ4n) is 3.58. The molecule has 5 nitrogen and oxygen atoms in total.